The molecule has 2 aromatic rings. The number of ether oxygens (including phenoxy) is 1. The largest absolute Gasteiger partial charge is 0.457 e. The second-order valence-electron chi connectivity index (χ2n) is 4.55. The van der Waals surface area contributed by atoms with Crippen molar-refractivity contribution in [2.45, 2.75) is 20.4 Å². The normalized spacial score (nSPS) is 10.6. The van der Waals surface area contributed by atoms with Crippen molar-refractivity contribution in [1.82, 2.24) is 5.32 Å². The van der Waals surface area contributed by atoms with Crippen LogP contribution in [0.4, 0.5) is 0 Å². The summed E-state index contributed by atoms with van der Waals surface area (Å²) in [7, 11) is 0. The number of hydrogen-bond acceptors (Lipinski definition) is 2. The van der Waals surface area contributed by atoms with Crippen molar-refractivity contribution < 1.29 is 4.74 Å². The van der Waals surface area contributed by atoms with Crippen LogP contribution in [0.5, 0.6) is 11.5 Å². The summed E-state index contributed by atoms with van der Waals surface area (Å²) in [5.74, 6) is 1.47. The Labute approximate surface area is 129 Å². The number of benzene rings is 2. The van der Waals surface area contributed by atoms with Gasteiger partial charge < -0.3 is 10.1 Å². The number of rotatable bonds is 5. The molecule has 0 heterocycles. The summed E-state index contributed by atoms with van der Waals surface area (Å²) in [6, 6.07) is 11.3. The van der Waals surface area contributed by atoms with Crippen LogP contribution in [-0.4, -0.2) is 6.54 Å². The molecule has 0 saturated carbocycles. The van der Waals surface area contributed by atoms with E-state index < -0.39 is 0 Å². The minimum Gasteiger partial charge on any atom is -0.457 e. The molecular formula is C16H17Cl2NO. The molecule has 0 aliphatic carbocycles. The van der Waals surface area contributed by atoms with Crippen LogP contribution in [0.25, 0.3) is 0 Å². The van der Waals surface area contributed by atoms with Crippen molar-refractivity contribution in [2.75, 3.05) is 6.54 Å². The monoisotopic (exact) mass is 309 g/mol. The van der Waals surface area contributed by atoms with Gasteiger partial charge in [0.2, 0.25) is 0 Å². The second-order valence-corrected chi connectivity index (χ2v) is 5.36. The van der Waals surface area contributed by atoms with Crippen molar-refractivity contribution >= 4 is 23.2 Å². The first-order valence-electron chi connectivity index (χ1n) is 6.53. The molecule has 0 bridgehead atoms. The first kappa shape index (κ1) is 15.2. The Kier molecular flexibility index (Phi) is 5.30. The van der Waals surface area contributed by atoms with Gasteiger partial charge in [-0.2, -0.15) is 0 Å². The molecule has 0 saturated heterocycles. The average Bonchev–Trinajstić information content (AvgIpc) is 2.42. The Bertz CT molecular complexity index is 599. The number of aryl methyl sites for hydroxylation is 1. The first-order chi connectivity index (χ1) is 9.60. The van der Waals surface area contributed by atoms with Gasteiger partial charge in [-0.25, -0.2) is 0 Å². The van der Waals surface area contributed by atoms with Gasteiger partial charge in [0.05, 0.1) is 10.0 Å². The molecule has 0 aliphatic rings. The van der Waals surface area contributed by atoms with Gasteiger partial charge in [0, 0.05) is 12.6 Å². The van der Waals surface area contributed by atoms with E-state index in [1.807, 2.05) is 12.1 Å². The summed E-state index contributed by atoms with van der Waals surface area (Å²) < 4.78 is 5.79. The maximum atomic E-state index is 5.97. The molecule has 0 fully saturated rings. The number of nitrogens with one attached hydrogen (secondary N) is 1. The molecular weight excluding hydrogens is 293 g/mol. The lowest BCUT2D eigenvalue weighted by Crippen LogP contribution is -2.12. The Morgan fingerprint density at radius 3 is 2.35 bits per heavy atom. The van der Waals surface area contributed by atoms with Crippen molar-refractivity contribution in [2.24, 2.45) is 0 Å². The van der Waals surface area contributed by atoms with E-state index in [0.29, 0.717) is 15.8 Å². The lowest BCUT2D eigenvalue weighted by molar-refractivity contribution is 0.482. The molecule has 2 aromatic carbocycles. The maximum Gasteiger partial charge on any atom is 0.129 e. The molecule has 0 atom stereocenters. The predicted molar refractivity (Wildman–Crippen MR) is 85.1 cm³/mol. The summed E-state index contributed by atoms with van der Waals surface area (Å²) in [4.78, 5) is 0. The van der Waals surface area contributed by atoms with Crippen LogP contribution in [0.1, 0.15) is 18.1 Å². The molecule has 0 aliphatic heterocycles. The van der Waals surface area contributed by atoms with Crippen molar-refractivity contribution in [3.05, 3.63) is 57.6 Å². The van der Waals surface area contributed by atoms with Crippen LogP contribution in [0.2, 0.25) is 10.0 Å². The number of halogens is 2. The number of hydrogen-bond donors (Lipinski definition) is 1. The van der Waals surface area contributed by atoms with Gasteiger partial charge in [-0.05, 0) is 48.9 Å². The maximum absolute atomic E-state index is 5.97. The van der Waals surface area contributed by atoms with E-state index >= 15 is 0 Å². The third-order valence-electron chi connectivity index (χ3n) is 3.01. The summed E-state index contributed by atoms with van der Waals surface area (Å²) in [6.07, 6.45) is 0. The van der Waals surface area contributed by atoms with E-state index in [1.165, 1.54) is 11.1 Å². The molecule has 20 heavy (non-hydrogen) atoms. The van der Waals surface area contributed by atoms with E-state index in [0.717, 1.165) is 18.8 Å². The fraction of sp³-hybridized carbons (Fsp3) is 0.250. The molecule has 0 radical (unpaired) electrons. The highest BCUT2D eigenvalue weighted by atomic mass is 35.5. The minimum absolute atomic E-state index is 0.490. The third kappa shape index (κ3) is 3.89. The second kappa shape index (κ2) is 6.98. The highest BCUT2D eigenvalue weighted by Crippen LogP contribution is 2.30. The lowest BCUT2D eigenvalue weighted by Gasteiger charge is -2.11. The fourth-order valence-electron chi connectivity index (χ4n) is 1.87. The van der Waals surface area contributed by atoms with Gasteiger partial charge in [-0.1, -0.05) is 36.2 Å². The van der Waals surface area contributed by atoms with Gasteiger partial charge in [-0.15, -0.1) is 0 Å². The fourth-order valence-corrected chi connectivity index (χ4v) is 2.15. The zero-order chi connectivity index (χ0) is 14.5. The van der Waals surface area contributed by atoms with E-state index in [1.54, 1.807) is 18.2 Å². The lowest BCUT2D eigenvalue weighted by atomic mass is 10.1. The predicted octanol–water partition coefficient (Wildman–Crippen LogP) is 5.20. The molecule has 0 aromatic heterocycles. The Morgan fingerprint density at radius 2 is 1.70 bits per heavy atom. The minimum atomic E-state index is 0.490. The molecule has 4 heteroatoms. The molecule has 106 valence electrons. The Morgan fingerprint density at radius 1 is 1.00 bits per heavy atom. The van der Waals surface area contributed by atoms with Crippen molar-refractivity contribution in [3.63, 3.8) is 0 Å². The summed E-state index contributed by atoms with van der Waals surface area (Å²) in [6.45, 7) is 6.00. The smallest absolute Gasteiger partial charge is 0.129 e. The van der Waals surface area contributed by atoms with Crippen LogP contribution in [0, 0.1) is 6.92 Å². The average molecular weight is 310 g/mol. The highest BCUT2D eigenvalue weighted by Gasteiger charge is 2.04. The Balaban J connectivity index is 2.13. The van der Waals surface area contributed by atoms with Gasteiger partial charge in [0.25, 0.3) is 0 Å². The summed E-state index contributed by atoms with van der Waals surface area (Å²) >= 11 is 11.9. The van der Waals surface area contributed by atoms with Crippen molar-refractivity contribution in [3.8, 4) is 11.5 Å². The van der Waals surface area contributed by atoms with Gasteiger partial charge in [0.15, 0.2) is 0 Å². The van der Waals surface area contributed by atoms with E-state index in [2.05, 4.69) is 25.2 Å². The molecule has 0 amide bonds. The van der Waals surface area contributed by atoms with E-state index in [4.69, 9.17) is 27.9 Å². The van der Waals surface area contributed by atoms with Crippen LogP contribution < -0.4 is 10.1 Å². The quantitative estimate of drug-likeness (QED) is 0.819. The summed E-state index contributed by atoms with van der Waals surface area (Å²) in [5, 5.41) is 4.33. The zero-order valence-corrected chi connectivity index (χ0v) is 13.1. The van der Waals surface area contributed by atoms with Gasteiger partial charge in [0.1, 0.15) is 11.5 Å². The van der Waals surface area contributed by atoms with Crippen LogP contribution in [-0.2, 0) is 6.54 Å². The Hall–Kier alpha value is -1.22. The highest BCUT2D eigenvalue weighted by molar-refractivity contribution is 6.42. The molecule has 1 N–H and O–H groups in total. The SMILES string of the molecule is CCNCc1ccc(Oc2ccc(Cl)c(Cl)c2)cc1C. The van der Waals surface area contributed by atoms with E-state index in [-0.39, 0.29) is 0 Å². The zero-order valence-electron chi connectivity index (χ0n) is 11.5. The summed E-state index contributed by atoms with van der Waals surface area (Å²) in [5.41, 5.74) is 2.47. The topological polar surface area (TPSA) is 21.3 Å². The molecule has 0 spiro atoms. The van der Waals surface area contributed by atoms with Gasteiger partial charge in [-0.3, -0.25) is 0 Å². The van der Waals surface area contributed by atoms with Crippen LogP contribution in [0.3, 0.4) is 0 Å². The van der Waals surface area contributed by atoms with Gasteiger partial charge >= 0.3 is 0 Å². The van der Waals surface area contributed by atoms with Crippen molar-refractivity contribution in [1.29, 1.82) is 0 Å². The molecule has 0 unspecified atom stereocenters. The first-order valence-corrected chi connectivity index (χ1v) is 7.29. The van der Waals surface area contributed by atoms with E-state index in [9.17, 15) is 0 Å². The third-order valence-corrected chi connectivity index (χ3v) is 3.75. The van der Waals surface area contributed by atoms with Crippen LogP contribution in [0.15, 0.2) is 36.4 Å². The van der Waals surface area contributed by atoms with Crippen LogP contribution >= 0.6 is 23.2 Å². The molecule has 2 nitrogen and oxygen atoms in total. The molecule has 2 rings (SSSR count). The standard InChI is InChI=1S/C16H17Cl2NO/c1-3-19-10-12-4-5-13(8-11(12)2)20-14-6-7-15(17)16(18)9-14/h4-9,19H,3,10H2,1-2H3.